The lowest BCUT2D eigenvalue weighted by Crippen LogP contribution is -2.23. The first-order valence-electron chi connectivity index (χ1n) is 5.13. The second-order valence-corrected chi connectivity index (χ2v) is 4.01. The van der Waals surface area contributed by atoms with E-state index in [0.29, 0.717) is 5.56 Å². The summed E-state index contributed by atoms with van der Waals surface area (Å²) in [5, 5.41) is 0. The van der Waals surface area contributed by atoms with Crippen LogP contribution in [0.3, 0.4) is 0 Å². The van der Waals surface area contributed by atoms with Gasteiger partial charge in [0.2, 0.25) is 0 Å². The molecule has 1 aromatic carbocycles. The van der Waals surface area contributed by atoms with Crippen molar-refractivity contribution < 1.29 is 13.6 Å². The standard InChI is InChI=1S/C12H12F2O/c13-10-5-4-9(11(14)7-10)6-12(15)8-2-1-3-8/h4-5,7-8H,1-3,6H2. The van der Waals surface area contributed by atoms with Crippen LogP contribution in [0.25, 0.3) is 0 Å². The van der Waals surface area contributed by atoms with Gasteiger partial charge in [-0.25, -0.2) is 8.78 Å². The van der Waals surface area contributed by atoms with Gasteiger partial charge in [-0.1, -0.05) is 12.5 Å². The van der Waals surface area contributed by atoms with Gasteiger partial charge in [-0.15, -0.1) is 0 Å². The molecule has 0 spiro atoms. The Balaban J connectivity index is 2.06. The number of carbonyl (C=O) groups excluding carboxylic acids is 1. The normalized spacial score (nSPS) is 16.1. The van der Waals surface area contributed by atoms with E-state index in [1.807, 2.05) is 0 Å². The summed E-state index contributed by atoms with van der Waals surface area (Å²) in [5.74, 6) is -1.05. The smallest absolute Gasteiger partial charge is 0.140 e. The molecule has 1 aromatic rings. The molecule has 0 aliphatic heterocycles. The molecule has 3 heteroatoms. The molecule has 1 aliphatic rings. The Morgan fingerprint density at radius 2 is 2.07 bits per heavy atom. The lowest BCUT2D eigenvalue weighted by Gasteiger charge is -2.23. The molecule has 80 valence electrons. The minimum absolute atomic E-state index is 0.0757. The molecule has 1 aliphatic carbocycles. The van der Waals surface area contributed by atoms with Crippen molar-refractivity contribution in [2.75, 3.05) is 0 Å². The van der Waals surface area contributed by atoms with Crippen LogP contribution in [-0.2, 0) is 11.2 Å². The van der Waals surface area contributed by atoms with Crippen molar-refractivity contribution in [1.29, 1.82) is 0 Å². The summed E-state index contributed by atoms with van der Waals surface area (Å²) < 4.78 is 25.8. The summed E-state index contributed by atoms with van der Waals surface area (Å²) in [7, 11) is 0. The third-order valence-corrected chi connectivity index (χ3v) is 2.94. The number of halogens is 2. The number of hydrogen-bond donors (Lipinski definition) is 0. The molecule has 0 radical (unpaired) electrons. The fourth-order valence-electron chi connectivity index (χ4n) is 1.73. The van der Waals surface area contributed by atoms with E-state index in [9.17, 15) is 13.6 Å². The maximum absolute atomic E-state index is 13.2. The minimum atomic E-state index is -0.623. The van der Waals surface area contributed by atoms with Crippen LogP contribution in [0.2, 0.25) is 0 Å². The average molecular weight is 210 g/mol. The molecule has 2 rings (SSSR count). The zero-order valence-electron chi connectivity index (χ0n) is 8.30. The van der Waals surface area contributed by atoms with Crippen LogP contribution in [0.5, 0.6) is 0 Å². The first kappa shape index (κ1) is 10.3. The minimum Gasteiger partial charge on any atom is -0.299 e. The molecule has 0 atom stereocenters. The van der Waals surface area contributed by atoms with Crippen LogP contribution in [0.4, 0.5) is 8.78 Å². The van der Waals surface area contributed by atoms with Crippen molar-refractivity contribution in [3.8, 4) is 0 Å². The number of benzene rings is 1. The van der Waals surface area contributed by atoms with Crippen LogP contribution >= 0.6 is 0 Å². The maximum Gasteiger partial charge on any atom is 0.140 e. The van der Waals surface area contributed by atoms with E-state index in [4.69, 9.17) is 0 Å². The van der Waals surface area contributed by atoms with Gasteiger partial charge < -0.3 is 0 Å². The fraction of sp³-hybridized carbons (Fsp3) is 0.417. The van der Waals surface area contributed by atoms with Crippen LogP contribution in [0.1, 0.15) is 24.8 Å². The van der Waals surface area contributed by atoms with Crippen LogP contribution in [0, 0.1) is 17.6 Å². The maximum atomic E-state index is 13.2. The highest BCUT2D eigenvalue weighted by molar-refractivity contribution is 5.83. The second-order valence-electron chi connectivity index (χ2n) is 4.01. The summed E-state index contributed by atoms with van der Waals surface area (Å²) in [6, 6.07) is 3.36. The van der Waals surface area contributed by atoms with Gasteiger partial charge >= 0.3 is 0 Å². The third-order valence-electron chi connectivity index (χ3n) is 2.94. The summed E-state index contributed by atoms with van der Waals surface area (Å²) >= 11 is 0. The Kier molecular flexibility index (Phi) is 2.80. The molecule has 1 nitrogen and oxygen atoms in total. The van der Waals surface area contributed by atoms with E-state index in [-0.39, 0.29) is 18.1 Å². The molecule has 0 saturated heterocycles. The highest BCUT2D eigenvalue weighted by Crippen LogP contribution is 2.28. The van der Waals surface area contributed by atoms with Gasteiger partial charge in [0.15, 0.2) is 0 Å². The van der Waals surface area contributed by atoms with Gasteiger partial charge in [-0.3, -0.25) is 4.79 Å². The first-order valence-corrected chi connectivity index (χ1v) is 5.13. The number of rotatable bonds is 3. The Hall–Kier alpha value is -1.25. The van der Waals surface area contributed by atoms with Crippen LogP contribution in [0.15, 0.2) is 18.2 Å². The summed E-state index contributed by atoms with van der Waals surface area (Å²) in [6.45, 7) is 0. The third kappa shape index (κ3) is 2.22. The van der Waals surface area contributed by atoms with E-state index < -0.39 is 11.6 Å². The Morgan fingerprint density at radius 1 is 1.33 bits per heavy atom. The monoisotopic (exact) mass is 210 g/mol. The van der Waals surface area contributed by atoms with Crippen LogP contribution in [-0.4, -0.2) is 5.78 Å². The van der Waals surface area contributed by atoms with Crippen LogP contribution < -0.4 is 0 Å². The topological polar surface area (TPSA) is 17.1 Å². The molecular weight excluding hydrogens is 198 g/mol. The van der Waals surface area contributed by atoms with E-state index in [1.165, 1.54) is 12.1 Å². The summed E-state index contributed by atoms with van der Waals surface area (Å²) in [5.41, 5.74) is 0.299. The largest absolute Gasteiger partial charge is 0.299 e. The van der Waals surface area contributed by atoms with Gasteiger partial charge in [0.05, 0.1) is 0 Å². The van der Waals surface area contributed by atoms with E-state index in [2.05, 4.69) is 0 Å². The quantitative estimate of drug-likeness (QED) is 0.749. The van der Waals surface area contributed by atoms with E-state index in [1.54, 1.807) is 0 Å². The van der Waals surface area contributed by atoms with Crippen molar-refractivity contribution in [2.45, 2.75) is 25.7 Å². The number of ketones is 1. The zero-order valence-corrected chi connectivity index (χ0v) is 8.30. The van der Waals surface area contributed by atoms with Crippen molar-refractivity contribution in [3.05, 3.63) is 35.4 Å². The molecule has 0 unspecified atom stereocenters. The van der Waals surface area contributed by atoms with E-state index in [0.717, 1.165) is 25.3 Å². The SMILES string of the molecule is O=C(Cc1ccc(F)cc1F)C1CCC1. The summed E-state index contributed by atoms with van der Waals surface area (Å²) in [6.07, 6.45) is 3.02. The van der Waals surface area contributed by atoms with Crippen molar-refractivity contribution in [1.82, 2.24) is 0 Å². The molecule has 0 bridgehead atoms. The van der Waals surface area contributed by atoms with E-state index >= 15 is 0 Å². The Bertz CT molecular complexity index is 383. The van der Waals surface area contributed by atoms with Gasteiger partial charge in [0.25, 0.3) is 0 Å². The average Bonchev–Trinajstić information content (AvgIpc) is 2.07. The Morgan fingerprint density at radius 3 is 2.60 bits per heavy atom. The highest BCUT2D eigenvalue weighted by atomic mass is 19.1. The molecule has 0 aromatic heterocycles. The highest BCUT2D eigenvalue weighted by Gasteiger charge is 2.25. The molecule has 1 saturated carbocycles. The number of carbonyl (C=O) groups is 1. The molecule has 0 amide bonds. The molecule has 0 heterocycles. The van der Waals surface area contributed by atoms with Crippen molar-refractivity contribution in [2.24, 2.45) is 5.92 Å². The lowest BCUT2D eigenvalue weighted by molar-refractivity contribution is -0.124. The Labute approximate surface area is 87.1 Å². The lowest BCUT2D eigenvalue weighted by atomic mass is 9.80. The molecule has 15 heavy (non-hydrogen) atoms. The molecule has 1 fully saturated rings. The molecular formula is C12H12F2O. The fourth-order valence-corrected chi connectivity index (χ4v) is 1.73. The van der Waals surface area contributed by atoms with Crippen molar-refractivity contribution in [3.63, 3.8) is 0 Å². The van der Waals surface area contributed by atoms with Gasteiger partial charge in [-0.05, 0) is 24.5 Å². The van der Waals surface area contributed by atoms with Gasteiger partial charge in [-0.2, -0.15) is 0 Å². The predicted octanol–water partition coefficient (Wildman–Crippen LogP) is 2.88. The van der Waals surface area contributed by atoms with Gasteiger partial charge in [0.1, 0.15) is 17.4 Å². The molecule has 0 N–H and O–H groups in total. The zero-order chi connectivity index (χ0) is 10.8. The predicted molar refractivity (Wildman–Crippen MR) is 52.4 cm³/mol. The number of Topliss-reactive ketones (excluding diaryl/α,β-unsaturated/α-hetero) is 1. The number of hydrogen-bond acceptors (Lipinski definition) is 1. The van der Waals surface area contributed by atoms with Gasteiger partial charge in [0, 0.05) is 18.4 Å². The summed E-state index contributed by atoms with van der Waals surface area (Å²) in [4.78, 5) is 11.6. The first-order chi connectivity index (χ1) is 7.16. The second kappa shape index (κ2) is 4.09. The van der Waals surface area contributed by atoms with Crippen molar-refractivity contribution >= 4 is 5.78 Å².